The Morgan fingerprint density at radius 3 is 2.50 bits per heavy atom. The molecule has 9 heteroatoms. The molecule has 1 heterocycles. The maximum atomic E-state index is 11.9. The Morgan fingerprint density at radius 1 is 1.35 bits per heavy atom. The quantitative estimate of drug-likeness (QED) is 0.650. The van der Waals surface area contributed by atoms with Crippen molar-refractivity contribution in [2.45, 2.75) is 19.5 Å². The van der Waals surface area contributed by atoms with Gasteiger partial charge in [0.15, 0.2) is 0 Å². The molecule has 0 bridgehead atoms. The number of nitrogen functional groups attached to an aromatic ring is 1. The third-order valence-electron chi connectivity index (χ3n) is 2.29. The summed E-state index contributed by atoms with van der Waals surface area (Å²) in [5.41, 5.74) is 5.95. The summed E-state index contributed by atoms with van der Waals surface area (Å²) in [5.74, 6) is -0.537. The molecule has 0 aliphatic heterocycles. The first-order valence-corrected chi connectivity index (χ1v) is 5.60. The van der Waals surface area contributed by atoms with Gasteiger partial charge < -0.3 is 15.2 Å². The molecule has 0 unspecified atom stereocenters. The second-order valence-electron chi connectivity index (χ2n) is 3.89. The van der Waals surface area contributed by atoms with Crippen molar-refractivity contribution in [1.29, 1.82) is 0 Å². The number of aryl methyl sites for hydroxylation is 1. The van der Waals surface area contributed by atoms with Gasteiger partial charge >= 0.3 is 12.1 Å². The normalized spacial score (nSPS) is 11.4. The number of nitrogens with zero attached hydrogens (tertiary/aromatic N) is 2. The van der Waals surface area contributed by atoms with E-state index >= 15 is 0 Å². The molecule has 6 nitrogen and oxygen atoms in total. The first-order valence-electron chi connectivity index (χ1n) is 5.60. The molecule has 20 heavy (non-hydrogen) atoms. The number of aromatic nitrogens is 2. The molecule has 0 saturated heterocycles. The lowest BCUT2D eigenvalue weighted by Gasteiger charge is -2.10. The van der Waals surface area contributed by atoms with Crippen LogP contribution in [0.2, 0.25) is 0 Å². The summed E-state index contributed by atoms with van der Waals surface area (Å²) in [6.45, 7) is 0.00202. The van der Waals surface area contributed by atoms with Crippen LogP contribution >= 0.6 is 0 Å². The first kappa shape index (κ1) is 16.2. The van der Waals surface area contributed by atoms with Gasteiger partial charge in [-0.05, 0) is 6.92 Å². The van der Waals surface area contributed by atoms with E-state index in [4.69, 9.17) is 5.73 Å². The van der Waals surface area contributed by atoms with Gasteiger partial charge in [-0.15, -0.1) is 0 Å². The monoisotopic (exact) mass is 293 g/mol. The van der Waals surface area contributed by atoms with Crippen molar-refractivity contribution < 1.29 is 27.4 Å². The molecule has 112 valence electrons. The fraction of sp³-hybridized carbons (Fsp3) is 0.545. The first-order chi connectivity index (χ1) is 9.24. The predicted molar refractivity (Wildman–Crippen MR) is 63.1 cm³/mol. The minimum absolute atomic E-state index is 0.0486. The minimum atomic E-state index is -4.37. The van der Waals surface area contributed by atoms with Crippen LogP contribution in [-0.4, -0.2) is 42.4 Å². The van der Waals surface area contributed by atoms with E-state index in [2.05, 4.69) is 19.4 Å². The third kappa shape index (κ3) is 4.65. The molecule has 1 rings (SSSR count). The largest absolute Gasteiger partial charge is 0.465 e. The van der Waals surface area contributed by atoms with Crippen LogP contribution in [0.3, 0.4) is 0 Å². The Kier molecular flexibility index (Phi) is 5.26. The number of esters is 1. The van der Waals surface area contributed by atoms with E-state index in [1.165, 1.54) is 14.0 Å². The molecule has 0 spiro atoms. The molecule has 0 saturated carbocycles. The maximum absolute atomic E-state index is 11.9. The zero-order valence-electron chi connectivity index (χ0n) is 11.0. The number of ether oxygens (including phenoxy) is 2. The van der Waals surface area contributed by atoms with Gasteiger partial charge in [-0.3, -0.25) is 0 Å². The molecular formula is C11H14F3N3O3. The van der Waals surface area contributed by atoms with Crippen LogP contribution in [0.1, 0.15) is 21.9 Å². The van der Waals surface area contributed by atoms with Crippen LogP contribution < -0.4 is 5.73 Å². The average molecular weight is 293 g/mol. The standard InChI is InChI=1S/C11H14F3N3O3/c1-6-8(10(18)19-2)9(15)17-7(16-6)3-4-20-5-11(12,13)14/h3-5H2,1-2H3,(H2,15,16,17). The highest BCUT2D eigenvalue weighted by atomic mass is 19.4. The summed E-state index contributed by atoms with van der Waals surface area (Å²) in [4.78, 5) is 19.2. The Bertz CT molecular complexity index is 469. The lowest BCUT2D eigenvalue weighted by atomic mass is 10.2. The lowest BCUT2D eigenvalue weighted by Crippen LogP contribution is -2.19. The number of nitrogens with two attached hydrogens (primary N) is 1. The molecule has 0 amide bonds. The number of carbonyl (C=O) groups is 1. The highest BCUT2D eigenvalue weighted by molar-refractivity contribution is 5.95. The average Bonchev–Trinajstić information content (AvgIpc) is 2.32. The number of halogens is 3. The van der Waals surface area contributed by atoms with Crippen LogP contribution in [0.25, 0.3) is 0 Å². The van der Waals surface area contributed by atoms with E-state index in [0.717, 1.165) is 0 Å². The molecule has 0 atom stereocenters. The van der Waals surface area contributed by atoms with E-state index in [0.29, 0.717) is 5.69 Å². The molecule has 0 fully saturated rings. The summed E-state index contributed by atoms with van der Waals surface area (Å²) >= 11 is 0. The highest BCUT2D eigenvalue weighted by Gasteiger charge is 2.27. The number of hydrogen-bond donors (Lipinski definition) is 1. The fourth-order valence-electron chi connectivity index (χ4n) is 1.47. The summed E-state index contributed by atoms with van der Waals surface area (Å²) in [6, 6.07) is 0. The number of alkyl halides is 3. The molecular weight excluding hydrogens is 279 g/mol. The van der Waals surface area contributed by atoms with Gasteiger partial charge in [0.25, 0.3) is 0 Å². The van der Waals surface area contributed by atoms with Crippen molar-refractivity contribution in [2.75, 3.05) is 26.1 Å². The fourth-order valence-corrected chi connectivity index (χ4v) is 1.47. The number of hydrogen-bond acceptors (Lipinski definition) is 6. The van der Waals surface area contributed by atoms with E-state index < -0.39 is 18.8 Å². The molecule has 0 radical (unpaired) electrons. The van der Waals surface area contributed by atoms with Gasteiger partial charge in [0, 0.05) is 6.42 Å². The van der Waals surface area contributed by atoms with Crippen LogP contribution in [0, 0.1) is 6.92 Å². The van der Waals surface area contributed by atoms with E-state index in [-0.39, 0.29) is 30.2 Å². The topological polar surface area (TPSA) is 87.3 Å². The summed E-state index contributed by atoms with van der Waals surface area (Å²) in [6.07, 6.45) is -4.31. The predicted octanol–water partition coefficient (Wildman–Crippen LogP) is 1.28. The van der Waals surface area contributed by atoms with Crippen molar-refractivity contribution >= 4 is 11.8 Å². The van der Waals surface area contributed by atoms with Gasteiger partial charge in [0.2, 0.25) is 0 Å². The lowest BCUT2D eigenvalue weighted by molar-refractivity contribution is -0.173. The van der Waals surface area contributed by atoms with Crippen molar-refractivity contribution in [2.24, 2.45) is 0 Å². The zero-order chi connectivity index (χ0) is 15.3. The molecule has 0 aliphatic rings. The van der Waals surface area contributed by atoms with Gasteiger partial charge in [0.1, 0.15) is 23.8 Å². The number of methoxy groups -OCH3 is 1. The summed E-state index contributed by atoms with van der Waals surface area (Å²) in [7, 11) is 1.19. The summed E-state index contributed by atoms with van der Waals surface area (Å²) < 4.78 is 44.6. The third-order valence-corrected chi connectivity index (χ3v) is 2.29. The van der Waals surface area contributed by atoms with E-state index in [9.17, 15) is 18.0 Å². The smallest absolute Gasteiger partial charge is 0.411 e. The van der Waals surface area contributed by atoms with Crippen LogP contribution in [-0.2, 0) is 15.9 Å². The number of rotatable bonds is 5. The number of anilines is 1. The second kappa shape index (κ2) is 6.51. The van der Waals surface area contributed by atoms with Gasteiger partial charge in [-0.1, -0.05) is 0 Å². The van der Waals surface area contributed by atoms with E-state index in [1.54, 1.807) is 0 Å². The van der Waals surface area contributed by atoms with Gasteiger partial charge in [0.05, 0.1) is 19.4 Å². The van der Waals surface area contributed by atoms with Crippen molar-refractivity contribution in [3.8, 4) is 0 Å². The Morgan fingerprint density at radius 2 is 2.00 bits per heavy atom. The van der Waals surface area contributed by atoms with Gasteiger partial charge in [-0.2, -0.15) is 13.2 Å². The van der Waals surface area contributed by atoms with Crippen LogP contribution in [0.5, 0.6) is 0 Å². The molecule has 0 aliphatic carbocycles. The molecule has 1 aromatic rings. The number of carbonyl (C=O) groups excluding carboxylic acids is 1. The highest BCUT2D eigenvalue weighted by Crippen LogP contribution is 2.16. The second-order valence-corrected chi connectivity index (χ2v) is 3.89. The Hall–Kier alpha value is -1.90. The van der Waals surface area contributed by atoms with Crippen molar-refractivity contribution in [3.05, 3.63) is 17.1 Å². The van der Waals surface area contributed by atoms with Crippen molar-refractivity contribution in [3.63, 3.8) is 0 Å². The van der Waals surface area contributed by atoms with Gasteiger partial charge in [-0.25, -0.2) is 14.8 Å². The summed E-state index contributed by atoms with van der Waals surface area (Å²) in [5, 5.41) is 0. The van der Waals surface area contributed by atoms with Crippen molar-refractivity contribution in [1.82, 2.24) is 9.97 Å². The molecule has 0 aromatic carbocycles. The Balaban J connectivity index is 2.68. The maximum Gasteiger partial charge on any atom is 0.411 e. The Labute approximate surface area is 113 Å². The van der Waals surface area contributed by atoms with E-state index in [1.807, 2.05) is 0 Å². The molecule has 2 N–H and O–H groups in total. The van der Waals surface area contributed by atoms with Crippen LogP contribution in [0.4, 0.5) is 19.0 Å². The minimum Gasteiger partial charge on any atom is -0.465 e. The SMILES string of the molecule is COC(=O)c1c(C)nc(CCOCC(F)(F)F)nc1N. The zero-order valence-corrected chi connectivity index (χ0v) is 11.0. The molecule has 1 aromatic heterocycles. The van der Waals surface area contributed by atoms with Crippen LogP contribution in [0.15, 0.2) is 0 Å².